The molecule has 0 spiro atoms. The molecule has 0 fully saturated rings. The molecular formula is C82H213N29. The molecule has 0 heterocycles. The number of hydrogen-bond donors (Lipinski definition) is 26. The Morgan fingerprint density at radius 1 is 0.171 bits per heavy atom. The molecule has 0 aliphatic heterocycles. The van der Waals surface area contributed by atoms with Crippen molar-refractivity contribution in [1.29, 1.82) is 0 Å². The minimum absolute atomic E-state index is 0. The van der Waals surface area contributed by atoms with Gasteiger partial charge in [0.1, 0.15) is 0 Å². The third kappa shape index (κ3) is 165. The second kappa shape index (κ2) is 144. The first kappa shape index (κ1) is 131. The average molecular weight is 1610 g/mol. The Kier molecular flexibility index (Phi) is 169. The molecule has 0 bridgehead atoms. The summed E-state index contributed by atoms with van der Waals surface area (Å²) in [6.45, 7) is 43.8. The Morgan fingerprint density at radius 3 is 0.649 bits per heavy atom. The molecule has 0 unspecified atom stereocenters. The SMILES string of the molecule is C.CCCCN(CCN)CCN.CNCCCCCN.CNCCCCCNCCCCCN.CNCCCCCNCCCCCNCCN.CNCCCCCNCCN.CNCCCN(C)CCCN.CNCCCN(CCCN)CCCN.CNCCCNCCCN.CNCCCNCCCNCCCN. The van der Waals surface area contributed by atoms with Gasteiger partial charge in [0.25, 0.3) is 0 Å². The van der Waals surface area contributed by atoms with Crippen LogP contribution in [0, 0.1) is 0 Å². The largest absolute Gasteiger partial charge is 0.330 e. The van der Waals surface area contributed by atoms with Gasteiger partial charge in [-0.3, -0.25) is 0 Å². The number of hydrogen-bond acceptors (Lipinski definition) is 29. The Hall–Kier alpha value is -1.16. The minimum atomic E-state index is 0. The highest BCUT2D eigenvalue weighted by Crippen LogP contribution is 1.99. The molecule has 0 radical (unpaired) electrons. The number of nitrogens with one attached hydrogen (secondary N) is 15. The molecule has 686 valence electrons. The van der Waals surface area contributed by atoms with E-state index in [0.29, 0.717) is 0 Å². The lowest BCUT2D eigenvalue weighted by molar-refractivity contribution is 0.266. The van der Waals surface area contributed by atoms with Crippen molar-refractivity contribution in [2.24, 2.45) is 63.1 Å². The van der Waals surface area contributed by atoms with Crippen molar-refractivity contribution in [2.75, 3.05) is 332 Å². The molecule has 0 aliphatic carbocycles. The van der Waals surface area contributed by atoms with Crippen LogP contribution in [-0.2, 0) is 0 Å². The second-order valence-electron chi connectivity index (χ2n) is 28.0. The van der Waals surface area contributed by atoms with E-state index in [1.165, 1.54) is 187 Å². The molecule has 0 saturated heterocycles. The van der Waals surface area contributed by atoms with Crippen molar-refractivity contribution in [3.63, 3.8) is 0 Å². The molecule has 29 nitrogen and oxygen atoms in total. The summed E-state index contributed by atoms with van der Waals surface area (Å²) in [5.74, 6) is 0. The van der Waals surface area contributed by atoms with Crippen LogP contribution in [0.3, 0.4) is 0 Å². The van der Waals surface area contributed by atoms with Crippen molar-refractivity contribution in [3.8, 4) is 0 Å². The van der Waals surface area contributed by atoms with Gasteiger partial charge in [0, 0.05) is 52.4 Å². The van der Waals surface area contributed by atoms with E-state index in [4.69, 9.17) is 63.1 Å². The first-order valence-corrected chi connectivity index (χ1v) is 45.0. The third-order valence-corrected chi connectivity index (χ3v) is 16.9. The van der Waals surface area contributed by atoms with Crippen LogP contribution >= 0.6 is 0 Å². The Bertz CT molecular complexity index is 1240. The van der Waals surface area contributed by atoms with Gasteiger partial charge in [-0.05, 0) is 427 Å². The Balaban J connectivity index is -0.000000130. The highest BCUT2D eigenvalue weighted by Gasteiger charge is 2.04. The monoisotopic (exact) mass is 1600 g/mol. The average Bonchev–Trinajstić information content (AvgIpc) is 1.16. The molecule has 37 N–H and O–H groups in total. The molecule has 0 saturated carbocycles. The fourth-order valence-electron chi connectivity index (χ4n) is 10.2. The number of nitrogens with two attached hydrogens (primary N) is 11. The zero-order valence-electron chi connectivity index (χ0n) is 75.4. The molecule has 0 aromatic heterocycles. The molecular weight excluding hydrogens is 1390 g/mol. The summed E-state index contributed by atoms with van der Waals surface area (Å²) in [5, 5.41) is 48.7. The van der Waals surface area contributed by atoms with Crippen LogP contribution in [0.1, 0.15) is 207 Å². The van der Waals surface area contributed by atoms with Crippen LogP contribution in [0.15, 0.2) is 0 Å². The standard InChI is InChI=1S/C13H32N4.C11H27N3.2C10H26N4.3C8H21N3.C7H19N3.C6H16N2.CH4/c1-15-9-4-2-5-10-16-11-6-3-7-12-17-13-8-14;1-13-9-5-3-7-11-14-10-6-2-4-8-12;1-13-7-4-10-14(8-2-5-11)9-3-6-12;1-12-6-3-8-14-10-4-9-13-7-2-5-11;1-10-6-4-8-11(2)7-3-5-9;1-10-6-3-2-4-7-11-8-5-9;1-2-3-6-11(7-4-9)8-5-10;1-9-5-3-7-10-6-2-4-8;1-8-6-4-2-3-5-7;/h15-17H,2-14H2,1H3;13-14H,2-12H2,1H3;13H,2-12H2,1H3;12-14H,2-11H2,1H3;10H,3-9H2,1-2H3;10-11H,2-9H2,1H3;2-10H2,1H3;9-10H,2-8H2,1H3;8H,2-7H2,1H3;1H4. The van der Waals surface area contributed by atoms with Crippen LogP contribution in [0.25, 0.3) is 0 Å². The quantitative estimate of drug-likeness (QED) is 0.0380. The third-order valence-electron chi connectivity index (χ3n) is 16.9. The summed E-state index contributed by atoms with van der Waals surface area (Å²) in [6.07, 6.45) is 36.9. The summed E-state index contributed by atoms with van der Waals surface area (Å²) in [7, 11) is 18.1. The minimum Gasteiger partial charge on any atom is -0.330 e. The maximum atomic E-state index is 5.50. The Morgan fingerprint density at radius 2 is 0.369 bits per heavy atom. The zero-order valence-corrected chi connectivity index (χ0v) is 75.4. The van der Waals surface area contributed by atoms with E-state index in [2.05, 4.69) is 108 Å². The predicted molar refractivity (Wildman–Crippen MR) is 502 cm³/mol. The highest BCUT2D eigenvalue weighted by molar-refractivity contribution is 4.63. The molecule has 0 aromatic rings. The lowest BCUT2D eigenvalue weighted by atomic mass is 10.2. The smallest absolute Gasteiger partial charge is 0.0105 e. The van der Waals surface area contributed by atoms with Gasteiger partial charge in [0.15, 0.2) is 0 Å². The summed E-state index contributed by atoms with van der Waals surface area (Å²) < 4.78 is 0. The van der Waals surface area contributed by atoms with Crippen molar-refractivity contribution in [2.45, 2.75) is 207 Å². The fraction of sp³-hybridized carbons (Fsp3) is 1.00. The lowest BCUT2D eigenvalue weighted by Crippen LogP contribution is -2.34. The molecule has 0 atom stereocenters. The summed E-state index contributed by atoms with van der Waals surface area (Å²) in [4.78, 5) is 7.10. The maximum Gasteiger partial charge on any atom is 0.0105 e. The fourth-order valence-corrected chi connectivity index (χ4v) is 10.2. The number of nitrogens with zero attached hydrogens (tertiary/aromatic N) is 3. The molecule has 29 heteroatoms. The van der Waals surface area contributed by atoms with Crippen molar-refractivity contribution in [1.82, 2.24) is 94.5 Å². The molecule has 0 aliphatic rings. The predicted octanol–water partition coefficient (Wildman–Crippen LogP) is 1.20. The van der Waals surface area contributed by atoms with E-state index < -0.39 is 0 Å². The molecule has 0 amide bonds. The van der Waals surface area contributed by atoms with Gasteiger partial charge in [0.2, 0.25) is 0 Å². The van der Waals surface area contributed by atoms with Gasteiger partial charge in [-0.25, -0.2) is 0 Å². The lowest BCUT2D eigenvalue weighted by Gasteiger charge is -2.21. The van der Waals surface area contributed by atoms with Gasteiger partial charge in [-0.1, -0.05) is 59.3 Å². The van der Waals surface area contributed by atoms with Gasteiger partial charge in [0.05, 0.1) is 0 Å². The Labute approximate surface area is 693 Å². The van der Waals surface area contributed by atoms with E-state index in [0.717, 1.165) is 274 Å². The number of rotatable bonds is 80. The maximum absolute atomic E-state index is 5.50. The first-order chi connectivity index (χ1) is 54.0. The van der Waals surface area contributed by atoms with E-state index in [1.807, 2.05) is 56.4 Å². The van der Waals surface area contributed by atoms with Crippen LogP contribution in [0.4, 0.5) is 0 Å². The van der Waals surface area contributed by atoms with Crippen LogP contribution < -0.4 is 143 Å². The van der Waals surface area contributed by atoms with Gasteiger partial charge >= 0.3 is 0 Å². The number of unbranched alkanes of at least 4 members (excludes halogenated alkanes) is 13. The zero-order chi connectivity index (χ0) is 83.5. The van der Waals surface area contributed by atoms with Crippen LogP contribution in [0.2, 0.25) is 0 Å². The highest BCUT2D eigenvalue weighted by atomic mass is 15.1. The summed E-state index contributed by atoms with van der Waals surface area (Å²) in [6, 6.07) is 0. The van der Waals surface area contributed by atoms with Crippen LogP contribution in [0.5, 0.6) is 0 Å². The second-order valence-corrected chi connectivity index (χ2v) is 28.0. The van der Waals surface area contributed by atoms with Gasteiger partial charge < -0.3 is 158 Å². The topological polar surface area (TPSA) is 476 Å². The molecule has 0 rings (SSSR count). The summed E-state index contributed by atoms with van der Waals surface area (Å²) >= 11 is 0. The van der Waals surface area contributed by atoms with Gasteiger partial charge in [-0.2, -0.15) is 0 Å². The van der Waals surface area contributed by atoms with Gasteiger partial charge in [-0.15, -0.1) is 0 Å². The molecule has 111 heavy (non-hydrogen) atoms. The van der Waals surface area contributed by atoms with E-state index in [9.17, 15) is 0 Å². The van der Waals surface area contributed by atoms with Crippen molar-refractivity contribution >= 4 is 0 Å². The van der Waals surface area contributed by atoms with Crippen LogP contribution in [-0.4, -0.2) is 346 Å². The normalized spacial score (nSPS) is 10.6. The van der Waals surface area contributed by atoms with E-state index in [-0.39, 0.29) is 7.43 Å². The summed E-state index contributed by atoms with van der Waals surface area (Å²) in [5.41, 5.74) is 59.4. The van der Waals surface area contributed by atoms with Crippen molar-refractivity contribution in [3.05, 3.63) is 0 Å². The van der Waals surface area contributed by atoms with E-state index in [1.54, 1.807) is 0 Å². The van der Waals surface area contributed by atoms with E-state index >= 15 is 0 Å². The first-order valence-electron chi connectivity index (χ1n) is 45.0. The van der Waals surface area contributed by atoms with Crippen molar-refractivity contribution < 1.29 is 0 Å². The molecule has 0 aromatic carbocycles.